The third-order valence-corrected chi connectivity index (χ3v) is 11.7. The monoisotopic (exact) mass is 666 g/mol. The highest BCUT2D eigenvalue weighted by Gasteiger charge is 2.20. The van der Waals surface area contributed by atoms with E-state index in [0.29, 0.717) is 0 Å². The van der Waals surface area contributed by atoms with E-state index in [4.69, 9.17) is 0 Å². The molecule has 0 unspecified atom stereocenters. The van der Waals surface area contributed by atoms with Crippen LogP contribution in [-0.4, -0.2) is 9.13 Å². The van der Waals surface area contributed by atoms with Gasteiger partial charge in [-0.3, -0.25) is 0 Å². The van der Waals surface area contributed by atoms with Crippen molar-refractivity contribution in [3.05, 3.63) is 182 Å². The molecule has 11 rings (SSSR count). The van der Waals surface area contributed by atoms with Crippen LogP contribution in [0, 0.1) is 0 Å². The highest BCUT2D eigenvalue weighted by Crippen LogP contribution is 2.43. The van der Waals surface area contributed by atoms with E-state index in [0.717, 1.165) is 5.69 Å². The fourth-order valence-corrected chi connectivity index (χ4v) is 9.42. The predicted octanol–water partition coefficient (Wildman–Crippen LogP) is 13.6. The zero-order valence-corrected chi connectivity index (χ0v) is 28.4. The molecule has 0 aliphatic carbocycles. The van der Waals surface area contributed by atoms with Gasteiger partial charge in [0, 0.05) is 42.7 Å². The zero-order valence-electron chi connectivity index (χ0n) is 27.6. The molecule has 0 N–H and O–H groups in total. The fourth-order valence-electron chi connectivity index (χ4n) is 8.21. The Bertz CT molecular complexity index is 3140. The van der Waals surface area contributed by atoms with Crippen molar-refractivity contribution in [2.75, 3.05) is 0 Å². The van der Waals surface area contributed by atoms with E-state index in [9.17, 15) is 0 Å². The maximum Gasteiger partial charge on any atom is 0.0640 e. The lowest BCUT2D eigenvalue weighted by molar-refractivity contribution is 1.17. The molecule has 0 amide bonds. The molecular formula is C48H30N2S. The minimum Gasteiger partial charge on any atom is -0.309 e. The van der Waals surface area contributed by atoms with Crippen molar-refractivity contribution in [3.8, 4) is 33.6 Å². The number of hydrogen-bond donors (Lipinski definition) is 0. The molecule has 0 fully saturated rings. The highest BCUT2D eigenvalue weighted by molar-refractivity contribution is 7.26. The van der Waals surface area contributed by atoms with Gasteiger partial charge in [0.1, 0.15) is 0 Å². The van der Waals surface area contributed by atoms with Crippen molar-refractivity contribution in [1.82, 2.24) is 9.13 Å². The molecule has 3 heteroatoms. The topological polar surface area (TPSA) is 9.86 Å². The molecule has 238 valence electrons. The Hall–Kier alpha value is -6.42. The van der Waals surface area contributed by atoms with Crippen molar-refractivity contribution in [2.45, 2.75) is 0 Å². The Morgan fingerprint density at radius 3 is 1.65 bits per heavy atom. The molecule has 0 aliphatic rings. The lowest BCUT2D eigenvalue weighted by atomic mass is 9.99. The van der Waals surface area contributed by atoms with E-state index in [2.05, 4.69) is 191 Å². The van der Waals surface area contributed by atoms with Crippen molar-refractivity contribution in [2.24, 2.45) is 0 Å². The van der Waals surface area contributed by atoms with E-state index in [1.165, 1.54) is 91.7 Å². The highest BCUT2D eigenvalue weighted by atomic mass is 32.1. The normalized spacial score (nSPS) is 11.9. The third kappa shape index (κ3) is 4.29. The second-order valence-corrected chi connectivity index (χ2v) is 14.4. The lowest BCUT2D eigenvalue weighted by Crippen LogP contribution is -1.96. The Balaban J connectivity index is 1.18. The summed E-state index contributed by atoms with van der Waals surface area (Å²) in [6.07, 6.45) is 0. The summed E-state index contributed by atoms with van der Waals surface area (Å²) in [7, 11) is 0. The number of rotatable bonds is 4. The first kappa shape index (κ1) is 28.4. The number of thiophene rings is 1. The molecule has 0 atom stereocenters. The molecule has 3 heterocycles. The Labute approximate surface area is 298 Å². The average Bonchev–Trinajstić information content (AvgIpc) is 3.85. The van der Waals surface area contributed by atoms with Gasteiger partial charge >= 0.3 is 0 Å². The summed E-state index contributed by atoms with van der Waals surface area (Å²) in [5.74, 6) is 0. The molecule has 0 aliphatic heterocycles. The predicted molar refractivity (Wildman–Crippen MR) is 219 cm³/mol. The number of para-hydroxylation sites is 2. The molecule has 2 nitrogen and oxygen atoms in total. The summed E-state index contributed by atoms with van der Waals surface area (Å²) >= 11 is 1.88. The van der Waals surface area contributed by atoms with Gasteiger partial charge in [-0.2, -0.15) is 0 Å². The Morgan fingerprint density at radius 1 is 0.314 bits per heavy atom. The van der Waals surface area contributed by atoms with Gasteiger partial charge in [0.2, 0.25) is 0 Å². The van der Waals surface area contributed by atoms with Crippen LogP contribution >= 0.6 is 11.3 Å². The van der Waals surface area contributed by atoms with Gasteiger partial charge < -0.3 is 9.13 Å². The summed E-state index contributed by atoms with van der Waals surface area (Å²) in [5, 5.41) is 7.68. The first-order chi connectivity index (χ1) is 25.3. The lowest BCUT2D eigenvalue weighted by Gasteiger charge is -2.12. The number of fused-ring (bicyclic) bond motifs is 9. The van der Waals surface area contributed by atoms with Crippen LogP contribution in [0.1, 0.15) is 0 Å². The van der Waals surface area contributed by atoms with E-state index < -0.39 is 0 Å². The van der Waals surface area contributed by atoms with Crippen molar-refractivity contribution in [3.63, 3.8) is 0 Å². The second-order valence-electron chi connectivity index (χ2n) is 13.3. The fraction of sp³-hybridized carbons (Fsp3) is 0. The smallest absolute Gasteiger partial charge is 0.0640 e. The zero-order chi connectivity index (χ0) is 33.5. The molecule has 8 aromatic carbocycles. The molecular weight excluding hydrogens is 637 g/mol. The van der Waals surface area contributed by atoms with Crippen LogP contribution in [-0.2, 0) is 0 Å². The summed E-state index contributed by atoms with van der Waals surface area (Å²) < 4.78 is 7.58. The maximum absolute atomic E-state index is 2.50. The van der Waals surface area contributed by atoms with Crippen molar-refractivity contribution in [1.29, 1.82) is 0 Å². The molecule has 0 bridgehead atoms. The Kier molecular flexibility index (Phi) is 6.16. The van der Waals surface area contributed by atoms with E-state index in [1.807, 2.05) is 11.3 Å². The average molecular weight is 667 g/mol. The molecule has 0 saturated heterocycles. The Morgan fingerprint density at radius 2 is 0.863 bits per heavy atom. The van der Waals surface area contributed by atoms with Crippen LogP contribution in [0.25, 0.3) is 97.4 Å². The number of aromatic nitrogens is 2. The first-order valence-electron chi connectivity index (χ1n) is 17.4. The minimum atomic E-state index is 1.15. The maximum atomic E-state index is 2.50. The van der Waals surface area contributed by atoms with Gasteiger partial charge in [0.05, 0.1) is 32.5 Å². The van der Waals surface area contributed by atoms with Crippen LogP contribution in [0.5, 0.6) is 0 Å². The van der Waals surface area contributed by atoms with Gasteiger partial charge in [-0.05, 0) is 76.9 Å². The van der Waals surface area contributed by atoms with Gasteiger partial charge in [0.25, 0.3) is 0 Å². The molecule has 51 heavy (non-hydrogen) atoms. The molecule has 3 aromatic heterocycles. The third-order valence-electron chi connectivity index (χ3n) is 10.5. The first-order valence-corrected chi connectivity index (χ1v) is 18.3. The summed E-state index contributed by atoms with van der Waals surface area (Å²) in [6, 6.07) is 66.6. The molecule has 0 saturated carbocycles. The SMILES string of the molecule is c1ccc(-c2cccc(-c3cccc(-n4c5ccccc5c5cc6c7ccccc7n(-c7cccc8c7sc7ccccc78)c6cc54)c3)c2)cc1. The van der Waals surface area contributed by atoms with Crippen LogP contribution in [0.3, 0.4) is 0 Å². The van der Waals surface area contributed by atoms with Gasteiger partial charge in [0.15, 0.2) is 0 Å². The molecule has 0 radical (unpaired) electrons. The number of benzene rings is 8. The van der Waals surface area contributed by atoms with Gasteiger partial charge in [-0.15, -0.1) is 11.3 Å². The van der Waals surface area contributed by atoms with E-state index >= 15 is 0 Å². The quantitative estimate of drug-likeness (QED) is 0.177. The summed E-state index contributed by atoms with van der Waals surface area (Å²) in [6.45, 7) is 0. The number of nitrogens with zero attached hydrogens (tertiary/aromatic N) is 2. The van der Waals surface area contributed by atoms with Crippen molar-refractivity contribution >= 4 is 75.1 Å². The van der Waals surface area contributed by atoms with Crippen LogP contribution < -0.4 is 0 Å². The largest absolute Gasteiger partial charge is 0.309 e. The molecule has 0 spiro atoms. The molecule has 11 aromatic rings. The minimum absolute atomic E-state index is 1.15. The van der Waals surface area contributed by atoms with Gasteiger partial charge in [-0.25, -0.2) is 0 Å². The van der Waals surface area contributed by atoms with Crippen LogP contribution in [0.4, 0.5) is 0 Å². The van der Waals surface area contributed by atoms with E-state index in [1.54, 1.807) is 0 Å². The van der Waals surface area contributed by atoms with Crippen LogP contribution in [0.15, 0.2) is 182 Å². The van der Waals surface area contributed by atoms with Gasteiger partial charge in [-0.1, -0.05) is 127 Å². The number of hydrogen-bond acceptors (Lipinski definition) is 1. The van der Waals surface area contributed by atoms with Crippen molar-refractivity contribution < 1.29 is 0 Å². The standard InChI is InChI=1S/C48H30N2S/c1-2-13-31(14-3-1)32-15-10-16-33(27-32)34-17-11-18-35(28-34)49-42-23-7-4-19-36(42)40-29-41-37-20-5-8-24-43(37)50(46(41)30-45(40)49)44-25-12-22-39-38-21-6-9-26-47(38)51-48(39)44/h1-30H. The summed E-state index contributed by atoms with van der Waals surface area (Å²) in [5.41, 5.74) is 12.1. The summed E-state index contributed by atoms with van der Waals surface area (Å²) in [4.78, 5) is 0. The van der Waals surface area contributed by atoms with Crippen LogP contribution in [0.2, 0.25) is 0 Å². The van der Waals surface area contributed by atoms with E-state index in [-0.39, 0.29) is 0 Å². The second kappa shape index (κ2) is 11.0.